The summed E-state index contributed by atoms with van der Waals surface area (Å²) in [6.45, 7) is 0.157. The average molecular weight is 348 g/mol. The lowest BCUT2D eigenvalue weighted by molar-refractivity contribution is -0.119. The van der Waals surface area contributed by atoms with Gasteiger partial charge in [0.1, 0.15) is 5.82 Å². The summed E-state index contributed by atoms with van der Waals surface area (Å²) >= 11 is 1.32. The van der Waals surface area contributed by atoms with Crippen molar-refractivity contribution in [1.82, 2.24) is 5.32 Å². The van der Waals surface area contributed by atoms with Gasteiger partial charge in [0.25, 0.3) is 0 Å². The number of nitrogens with one attached hydrogen (secondary N) is 1. The van der Waals surface area contributed by atoms with Gasteiger partial charge in [0, 0.05) is 31.2 Å². The van der Waals surface area contributed by atoms with Gasteiger partial charge in [0.05, 0.1) is 11.9 Å². The van der Waals surface area contributed by atoms with E-state index in [1.807, 2.05) is 43.3 Å². The van der Waals surface area contributed by atoms with Crippen LogP contribution >= 0.6 is 11.8 Å². The molecule has 1 atom stereocenters. The number of halogens is 1. The molecular weight excluding hydrogens is 327 g/mol. The highest BCUT2D eigenvalue weighted by atomic mass is 32.2. The van der Waals surface area contributed by atoms with Crippen molar-refractivity contribution in [3.8, 4) is 0 Å². The molecule has 0 saturated heterocycles. The van der Waals surface area contributed by atoms with Gasteiger partial charge in [-0.3, -0.25) is 4.79 Å². The first-order valence-electron chi connectivity index (χ1n) is 7.56. The van der Waals surface area contributed by atoms with Crippen LogP contribution < -0.4 is 10.2 Å². The molecule has 0 radical (unpaired) electrons. The number of hydrogen-bond acceptors (Lipinski definition) is 4. The number of carbonyl (C=O) groups excluding carboxylic acids is 1. The number of anilines is 1. The zero-order chi connectivity index (χ0) is 17.5. The van der Waals surface area contributed by atoms with Crippen LogP contribution in [0.4, 0.5) is 10.1 Å². The molecule has 0 aliphatic carbocycles. The maximum absolute atomic E-state index is 12.8. The molecule has 4 nitrogen and oxygen atoms in total. The lowest BCUT2D eigenvalue weighted by Gasteiger charge is -2.15. The Kier molecular flexibility index (Phi) is 6.63. The second-order valence-electron chi connectivity index (χ2n) is 5.55. The van der Waals surface area contributed by atoms with Crippen LogP contribution in [0.3, 0.4) is 0 Å². The first-order chi connectivity index (χ1) is 11.5. The summed E-state index contributed by atoms with van der Waals surface area (Å²) in [6.07, 6.45) is -0.749. The van der Waals surface area contributed by atoms with Crippen molar-refractivity contribution in [3.63, 3.8) is 0 Å². The van der Waals surface area contributed by atoms with Crippen LogP contribution in [0.1, 0.15) is 11.7 Å². The lowest BCUT2D eigenvalue weighted by atomic mass is 10.1. The fourth-order valence-electron chi connectivity index (χ4n) is 2.05. The van der Waals surface area contributed by atoms with Gasteiger partial charge < -0.3 is 15.3 Å². The van der Waals surface area contributed by atoms with Crippen LogP contribution in [0.2, 0.25) is 0 Å². The number of hydrogen-bond donors (Lipinski definition) is 2. The highest BCUT2D eigenvalue weighted by Gasteiger charge is 2.10. The fraction of sp³-hybridized carbons (Fsp3) is 0.278. The van der Waals surface area contributed by atoms with Gasteiger partial charge >= 0.3 is 0 Å². The van der Waals surface area contributed by atoms with Crippen LogP contribution in [-0.4, -0.2) is 37.4 Å². The molecule has 0 spiro atoms. The third-order valence-corrected chi connectivity index (χ3v) is 4.48. The molecule has 0 heterocycles. The summed E-state index contributed by atoms with van der Waals surface area (Å²) in [5, 5.41) is 12.8. The fourth-order valence-corrected chi connectivity index (χ4v) is 2.78. The third-order valence-electron chi connectivity index (χ3n) is 3.47. The Morgan fingerprint density at radius 3 is 2.38 bits per heavy atom. The zero-order valence-electron chi connectivity index (χ0n) is 13.7. The second-order valence-corrected chi connectivity index (χ2v) is 6.60. The number of benzene rings is 2. The van der Waals surface area contributed by atoms with Crippen LogP contribution in [0, 0.1) is 5.82 Å². The molecule has 1 amide bonds. The zero-order valence-corrected chi connectivity index (χ0v) is 14.5. The molecule has 0 unspecified atom stereocenters. The maximum Gasteiger partial charge on any atom is 0.230 e. The molecule has 6 heteroatoms. The van der Waals surface area contributed by atoms with Gasteiger partial charge in [-0.2, -0.15) is 0 Å². The van der Waals surface area contributed by atoms with E-state index in [1.165, 1.54) is 23.9 Å². The summed E-state index contributed by atoms with van der Waals surface area (Å²) in [7, 11) is 3.90. The van der Waals surface area contributed by atoms with Crippen molar-refractivity contribution in [1.29, 1.82) is 0 Å². The van der Waals surface area contributed by atoms with Gasteiger partial charge in [-0.25, -0.2) is 4.39 Å². The number of amides is 1. The predicted molar refractivity (Wildman–Crippen MR) is 95.9 cm³/mol. The minimum atomic E-state index is -0.749. The molecular formula is C18H21FN2O2S. The Morgan fingerprint density at radius 2 is 1.79 bits per heavy atom. The summed E-state index contributed by atoms with van der Waals surface area (Å²) in [4.78, 5) is 14.6. The Morgan fingerprint density at radius 1 is 1.17 bits per heavy atom. The number of thioether (sulfide) groups is 1. The van der Waals surface area contributed by atoms with Gasteiger partial charge in [-0.15, -0.1) is 11.8 Å². The molecule has 0 saturated carbocycles. The Hall–Kier alpha value is -2.05. The molecule has 24 heavy (non-hydrogen) atoms. The number of rotatable bonds is 7. The van der Waals surface area contributed by atoms with E-state index in [2.05, 4.69) is 5.32 Å². The van der Waals surface area contributed by atoms with E-state index in [9.17, 15) is 14.3 Å². The smallest absolute Gasteiger partial charge is 0.230 e. The Labute approximate surface area is 145 Å². The highest BCUT2D eigenvalue weighted by molar-refractivity contribution is 8.00. The van der Waals surface area contributed by atoms with E-state index in [4.69, 9.17) is 0 Å². The normalized spacial score (nSPS) is 11.8. The SMILES string of the molecule is CN(C)c1ccc([C@@H](O)CNC(=O)CSc2ccc(F)cc2)cc1. The standard InChI is InChI=1S/C18H21FN2O2S/c1-21(2)15-7-3-13(4-8-15)17(22)11-20-18(23)12-24-16-9-5-14(19)6-10-16/h3-10,17,22H,11-12H2,1-2H3,(H,20,23)/t17-/m0/s1. The third kappa shape index (κ3) is 5.54. The highest BCUT2D eigenvalue weighted by Crippen LogP contribution is 2.19. The van der Waals surface area contributed by atoms with Gasteiger partial charge in [-0.05, 0) is 42.0 Å². The minimum absolute atomic E-state index is 0.157. The quantitative estimate of drug-likeness (QED) is 0.756. The number of nitrogens with zero attached hydrogens (tertiary/aromatic N) is 1. The Bertz CT molecular complexity index is 660. The monoisotopic (exact) mass is 348 g/mol. The van der Waals surface area contributed by atoms with Crippen molar-refractivity contribution < 1.29 is 14.3 Å². The molecule has 2 aromatic carbocycles. The van der Waals surface area contributed by atoms with Crippen LogP contribution in [-0.2, 0) is 4.79 Å². The van der Waals surface area contributed by atoms with Gasteiger partial charge in [0.15, 0.2) is 0 Å². The van der Waals surface area contributed by atoms with Crippen molar-refractivity contribution in [2.24, 2.45) is 0 Å². The second kappa shape index (κ2) is 8.70. The molecule has 2 rings (SSSR count). The van der Waals surface area contributed by atoms with E-state index in [0.717, 1.165) is 16.1 Å². The van der Waals surface area contributed by atoms with Crippen molar-refractivity contribution in [2.75, 3.05) is 31.3 Å². The van der Waals surface area contributed by atoms with Crippen LogP contribution in [0.25, 0.3) is 0 Å². The molecule has 0 aromatic heterocycles. The first-order valence-corrected chi connectivity index (χ1v) is 8.54. The number of aliphatic hydroxyl groups excluding tert-OH is 1. The van der Waals surface area contributed by atoms with E-state index in [1.54, 1.807) is 12.1 Å². The minimum Gasteiger partial charge on any atom is -0.387 e. The predicted octanol–water partition coefficient (Wildman–Crippen LogP) is 2.83. The largest absolute Gasteiger partial charge is 0.387 e. The molecule has 2 aromatic rings. The van der Waals surface area contributed by atoms with Crippen molar-refractivity contribution in [3.05, 3.63) is 59.9 Å². The lowest BCUT2D eigenvalue weighted by Crippen LogP contribution is -2.29. The van der Waals surface area contributed by atoms with E-state index in [0.29, 0.717) is 0 Å². The maximum atomic E-state index is 12.8. The summed E-state index contributed by atoms with van der Waals surface area (Å²) in [6, 6.07) is 13.5. The van der Waals surface area contributed by atoms with Crippen molar-refractivity contribution in [2.45, 2.75) is 11.0 Å². The van der Waals surface area contributed by atoms with Gasteiger partial charge in [0.2, 0.25) is 5.91 Å². The molecule has 0 aliphatic rings. The molecule has 0 fully saturated rings. The average Bonchev–Trinajstić information content (AvgIpc) is 2.59. The molecule has 2 N–H and O–H groups in total. The van der Waals surface area contributed by atoms with E-state index < -0.39 is 6.10 Å². The van der Waals surface area contributed by atoms with E-state index >= 15 is 0 Å². The van der Waals surface area contributed by atoms with E-state index in [-0.39, 0.29) is 24.0 Å². The number of carbonyl (C=O) groups is 1. The molecule has 128 valence electrons. The topological polar surface area (TPSA) is 52.6 Å². The summed E-state index contributed by atoms with van der Waals surface area (Å²) < 4.78 is 12.8. The van der Waals surface area contributed by atoms with Gasteiger partial charge in [-0.1, -0.05) is 12.1 Å². The Balaban J connectivity index is 1.77. The van der Waals surface area contributed by atoms with Crippen LogP contribution in [0.5, 0.6) is 0 Å². The summed E-state index contributed by atoms with van der Waals surface area (Å²) in [5.74, 6) is -0.252. The molecule has 0 bridgehead atoms. The van der Waals surface area contributed by atoms with Crippen molar-refractivity contribution >= 4 is 23.4 Å². The first kappa shape index (κ1) is 18.3. The number of aliphatic hydroxyl groups is 1. The molecule has 0 aliphatic heterocycles. The summed E-state index contributed by atoms with van der Waals surface area (Å²) in [5.41, 5.74) is 1.80. The van der Waals surface area contributed by atoms with Crippen LogP contribution in [0.15, 0.2) is 53.4 Å².